The van der Waals surface area contributed by atoms with Crippen molar-refractivity contribution in [2.45, 2.75) is 75.5 Å². The molecule has 0 amide bonds. The molecule has 0 heterocycles. The molecule has 0 radical (unpaired) electrons. The Morgan fingerprint density at radius 1 is 0.839 bits per heavy atom. The Morgan fingerprint density at radius 3 is 2.10 bits per heavy atom. The molecule has 6 heteroatoms. The van der Waals surface area contributed by atoms with Gasteiger partial charge in [-0.3, -0.25) is 4.79 Å². The highest BCUT2D eigenvalue weighted by Crippen LogP contribution is 2.65. The lowest BCUT2D eigenvalue weighted by atomic mass is 9.48. The maximum atomic E-state index is 13.5. The molecule has 5 atom stereocenters. The minimum atomic E-state index is -4.53. The van der Waals surface area contributed by atoms with Crippen molar-refractivity contribution in [2.75, 3.05) is 0 Å². The lowest BCUT2D eigenvalue weighted by Gasteiger charge is -2.56. The van der Waals surface area contributed by atoms with Crippen LogP contribution in [0.5, 0.6) is 5.75 Å². The lowest BCUT2D eigenvalue weighted by Crippen LogP contribution is -2.54. The third kappa shape index (κ3) is 3.12. The smallest absolute Gasteiger partial charge is 0.314 e. The van der Waals surface area contributed by atoms with Gasteiger partial charge in [0, 0.05) is 0 Å². The maximum absolute atomic E-state index is 13.5. The van der Waals surface area contributed by atoms with Crippen molar-refractivity contribution in [2.24, 2.45) is 41.4 Å². The van der Waals surface area contributed by atoms with Crippen LogP contribution in [0.15, 0.2) is 17.0 Å². The van der Waals surface area contributed by atoms with Gasteiger partial charge in [0.1, 0.15) is 15.9 Å². The minimum absolute atomic E-state index is 0.0224. The fraction of sp³-hybridized carbons (Fsp3) is 0.720. The second-order valence-corrected chi connectivity index (χ2v) is 12.0. The van der Waals surface area contributed by atoms with Gasteiger partial charge in [0.2, 0.25) is 0 Å². The number of carbonyl (C=O) groups is 1. The zero-order valence-corrected chi connectivity index (χ0v) is 18.7. The van der Waals surface area contributed by atoms with E-state index in [2.05, 4.69) is 0 Å². The third-order valence-electron chi connectivity index (χ3n) is 9.56. The Hall–Kier alpha value is -1.40. The SMILES string of the molecule is O=C(Oc1ccc(S(=O)(=O)[O-])c2c1CCCC2)C1CC2C3CCCC3C1C1CCCC21. The normalized spacial score (nSPS) is 38.4. The first kappa shape index (κ1) is 20.2. The van der Waals surface area contributed by atoms with Crippen molar-refractivity contribution >= 4 is 16.1 Å². The van der Waals surface area contributed by atoms with Crippen LogP contribution in [0.1, 0.15) is 68.9 Å². The molecule has 0 N–H and O–H groups in total. The standard InChI is InChI=1S/C25H32O5S/c26-25(30-22-11-12-23(31(27,28)29)17-6-2-1-5-16(17)22)21-13-20-14-7-3-9-18(14)24(21)19-10-4-8-15(19)20/h11-12,14-15,18-21,24H,1-10,13H2,(H,27,28,29)/p-1. The summed E-state index contributed by atoms with van der Waals surface area (Å²) in [5.41, 5.74) is 1.33. The zero-order chi connectivity index (χ0) is 21.3. The molecule has 6 aliphatic carbocycles. The lowest BCUT2D eigenvalue weighted by molar-refractivity contribution is -0.157. The Bertz CT molecular complexity index is 993. The van der Waals surface area contributed by atoms with Crippen LogP contribution in [0, 0.1) is 41.4 Å². The van der Waals surface area contributed by atoms with E-state index in [1.165, 1.54) is 44.6 Å². The molecule has 5 saturated carbocycles. The predicted molar refractivity (Wildman–Crippen MR) is 113 cm³/mol. The van der Waals surface area contributed by atoms with Crippen LogP contribution >= 0.6 is 0 Å². The molecule has 0 aromatic heterocycles. The Morgan fingerprint density at radius 2 is 1.45 bits per heavy atom. The summed E-state index contributed by atoms with van der Waals surface area (Å²) in [6, 6.07) is 2.90. The van der Waals surface area contributed by atoms with E-state index in [9.17, 15) is 17.8 Å². The summed E-state index contributed by atoms with van der Waals surface area (Å²) in [6.45, 7) is 0. The van der Waals surface area contributed by atoms with Gasteiger partial charge < -0.3 is 9.29 Å². The fourth-order valence-electron chi connectivity index (χ4n) is 8.65. The Kier molecular flexibility index (Phi) is 4.77. The second-order valence-electron chi connectivity index (χ2n) is 10.7. The van der Waals surface area contributed by atoms with Crippen molar-refractivity contribution in [3.05, 3.63) is 23.3 Å². The molecule has 0 spiro atoms. The van der Waals surface area contributed by atoms with Gasteiger partial charge >= 0.3 is 5.97 Å². The Labute approximate surface area is 184 Å². The van der Waals surface area contributed by atoms with Crippen LogP contribution in [0.25, 0.3) is 0 Å². The molecule has 1 aromatic carbocycles. The molecule has 2 bridgehead atoms. The summed E-state index contributed by atoms with van der Waals surface area (Å²) in [4.78, 5) is 13.4. The molecule has 31 heavy (non-hydrogen) atoms. The summed E-state index contributed by atoms with van der Waals surface area (Å²) in [7, 11) is -4.53. The summed E-state index contributed by atoms with van der Waals surface area (Å²) < 4.78 is 41.2. The van der Waals surface area contributed by atoms with E-state index in [0.29, 0.717) is 47.8 Å². The molecule has 0 saturated heterocycles. The highest BCUT2D eigenvalue weighted by atomic mass is 32.2. The topological polar surface area (TPSA) is 83.5 Å². The number of hydrogen-bond donors (Lipinski definition) is 0. The molecule has 1 aromatic rings. The van der Waals surface area contributed by atoms with Crippen molar-refractivity contribution in [3.8, 4) is 5.75 Å². The van der Waals surface area contributed by atoms with E-state index in [0.717, 1.165) is 36.7 Å². The van der Waals surface area contributed by atoms with Gasteiger partial charge in [-0.1, -0.05) is 12.8 Å². The summed E-state index contributed by atoms with van der Waals surface area (Å²) in [5, 5.41) is 0. The van der Waals surface area contributed by atoms with Gasteiger partial charge in [0.15, 0.2) is 0 Å². The number of hydrogen-bond acceptors (Lipinski definition) is 5. The number of carbonyl (C=O) groups excluding carboxylic acids is 1. The van der Waals surface area contributed by atoms with E-state index >= 15 is 0 Å². The summed E-state index contributed by atoms with van der Waals surface area (Å²) >= 11 is 0. The first-order valence-corrected chi connectivity index (χ1v) is 13.7. The molecular formula is C25H31O5S-. The van der Waals surface area contributed by atoms with E-state index in [1.54, 1.807) is 6.07 Å². The maximum Gasteiger partial charge on any atom is 0.314 e. The Balaban J connectivity index is 1.30. The van der Waals surface area contributed by atoms with Crippen LogP contribution < -0.4 is 4.74 Å². The number of benzene rings is 1. The second kappa shape index (κ2) is 7.31. The molecule has 5 fully saturated rings. The van der Waals surface area contributed by atoms with Gasteiger partial charge in [-0.2, -0.15) is 0 Å². The molecule has 6 aliphatic rings. The summed E-state index contributed by atoms with van der Waals surface area (Å²) in [5.74, 6) is 4.53. The first-order valence-electron chi connectivity index (χ1n) is 12.3. The van der Waals surface area contributed by atoms with Crippen LogP contribution in [0.4, 0.5) is 0 Å². The molecular weight excluding hydrogens is 412 g/mol. The zero-order valence-electron chi connectivity index (χ0n) is 17.9. The largest absolute Gasteiger partial charge is 0.744 e. The first-order chi connectivity index (χ1) is 14.9. The number of rotatable bonds is 3. The average molecular weight is 444 g/mol. The van der Waals surface area contributed by atoms with Crippen LogP contribution in [-0.2, 0) is 27.8 Å². The molecule has 7 rings (SSSR count). The van der Waals surface area contributed by atoms with Crippen molar-refractivity contribution < 1.29 is 22.5 Å². The average Bonchev–Trinajstić information content (AvgIpc) is 3.43. The van der Waals surface area contributed by atoms with Gasteiger partial charge in [-0.25, -0.2) is 8.42 Å². The molecule has 5 nitrogen and oxygen atoms in total. The van der Waals surface area contributed by atoms with E-state index in [4.69, 9.17) is 4.74 Å². The quantitative estimate of drug-likeness (QED) is 0.391. The third-order valence-corrected chi connectivity index (χ3v) is 10.5. The summed E-state index contributed by atoms with van der Waals surface area (Å²) in [6.07, 6.45) is 11.8. The number of fused-ring (bicyclic) bond motifs is 2. The fourth-order valence-corrected chi connectivity index (χ4v) is 9.42. The van der Waals surface area contributed by atoms with Crippen LogP contribution in [0.3, 0.4) is 0 Å². The van der Waals surface area contributed by atoms with Gasteiger partial charge in [0.25, 0.3) is 0 Å². The van der Waals surface area contributed by atoms with Gasteiger partial charge in [0.05, 0.1) is 10.8 Å². The monoisotopic (exact) mass is 443 g/mol. The van der Waals surface area contributed by atoms with E-state index < -0.39 is 10.1 Å². The minimum Gasteiger partial charge on any atom is -0.744 e. The highest BCUT2D eigenvalue weighted by molar-refractivity contribution is 7.85. The van der Waals surface area contributed by atoms with E-state index in [1.807, 2.05) is 0 Å². The van der Waals surface area contributed by atoms with Crippen LogP contribution in [0.2, 0.25) is 0 Å². The molecule has 0 aliphatic heterocycles. The van der Waals surface area contributed by atoms with Crippen molar-refractivity contribution in [1.29, 1.82) is 0 Å². The molecule has 5 unspecified atom stereocenters. The molecule has 168 valence electrons. The van der Waals surface area contributed by atoms with Crippen molar-refractivity contribution in [1.82, 2.24) is 0 Å². The highest BCUT2D eigenvalue weighted by Gasteiger charge is 2.61. The van der Waals surface area contributed by atoms with Gasteiger partial charge in [-0.05, 0) is 117 Å². The number of ether oxygens (including phenoxy) is 1. The van der Waals surface area contributed by atoms with Crippen molar-refractivity contribution in [3.63, 3.8) is 0 Å². The van der Waals surface area contributed by atoms with Gasteiger partial charge in [-0.15, -0.1) is 0 Å². The number of esters is 1. The predicted octanol–water partition coefficient (Wildman–Crippen LogP) is 4.47. The van der Waals surface area contributed by atoms with E-state index in [-0.39, 0.29) is 16.8 Å². The van der Waals surface area contributed by atoms with Crippen LogP contribution in [-0.4, -0.2) is 18.9 Å².